The summed E-state index contributed by atoms with van der Waals surface area (Å²) in [6, 6.07) is 1.57. The molecule has 0 aliphatic rings. The summed E-state index contributed by atoms with van der Waals surface area (Å²) in [6.07, 6.45) is -2.48. The predicted octanol–water partition coefficient (Wildman–Crippen LogP) is 2.43. The highest BCUT2D eigenvalue weighted by molar-refractivity contribution is 9.10. The number of aromatic nitrogens is 2. The van der Waals surface area contributed by atoms with Gasteiger partial charge < -0.3 is 10.0 Å². The Bertz CT molecular complexity index is 391. The summed E-state index contributed by atoms with van der Waals surface area (Å²) < 4.78 is 25.5. The molecule has 0 amide bonds. The van der Waals surface area contributed by atoms with E-state index in [1.165, 1.54) is 4.90 Å². The molecule has 0 radical (unpaired) electrons. The van der Waals surface area contributed by atoms with Gasteiger partial charge in [-0.15, -0.1) is 0 Å². The molecule has 0 aliphatic carbocycles. The fraction of sp³-hybridized carbons (Fsp3) is 0.636. The number of hydrogen-bond donors (Lipinski definition) is 1. The first-order valence-corrected chi connectivity index (χ1v) is 6.41. The van der Waals surface area contributed by atoms with Crippen LogP contribution in [0.1, 0.15) is 25.6 Å². The number of aliphatic hydroxyl groups excluding tert-OH is 1. The molecule has 0 fully saturated rings. The van der Waals surface area contributed by atoms with Gasteiger partial charge >= 0.3 is 0 Å². The van der Waals surface area contributed by atoms with Gasteiger partial charge in [0.2, 0.25) is 0 Å². The molecule has 0 atom stereocenters. The van der Waals surface area contributed by atoms with Crippen molar-refractivity contribution in [3.63, 3.8) is 0 Å². The van der Waals surface area contributed by atoms with E-state index < -0.39 is 13.0 Å². The Hall–Kier alpha value is -0.820. The topological polar surface area (TPSA) is 49.2 Å². The zero-order valence-electron chi connectivity index (χ0n) is 10.3. The van der Waals surface area contributed by atoms with E-state index in [0.29, 0.717) is 16.2 Å². The quantitative estimate of drug-likeness (QED) is 0.817. The second kappa shape index (κ2) is 6.94. The van der Waals surface area contributed by atoms with Crippen molar-refractivity contribution in [3.05, 3.63) is 16.5 Å². The van der Waals surface area contributed by atoms with Gasteiger partial charge in [0.25, 0.3) is 6.43 Å². The second-order valence-corrected chi connectivity index (χ2v) is 4.93. The van der Waals surface area contributed by atoms with Crippen LogP contribution in [0.2, 0.25) is 0 Å². The molecule has 1 aromatic rings. The van der Waals surface area contributed by atoms with E-state index in [-0.39, 0.29) is 19.1 Å². The van der Waals surface area contributed by atoms with Gasteiger partial charge in [-0.2, -0.15) is 0 Å². The maximum atomic E-state index is 12.5. The second-order valence-electron chi connectivity index (χ2n) is 4.12. The monoisotopic (exact) mass is 323 g/mol. The summed E-state index contributed by atoms with van der Waals surface area (Å²) in [5.41, 5.74) is 0. The van der Waals surface area contributed by atoms with Crippen LogP contribution in [0.5, 0.6) is 0 Å². The van der Waals surface area contributed by atoms with Crippen molar-refractivity contribution in [3.8, 4) is 0 Å². The zero-order chi connectivity index (χ0) is 13.7. The largest absolute Gasteiger partial charge is 0.395 e. The number of nitrogens with zero attached hydrogens (tertiary/aromatic N) is 3. The molecule has 0 unspecified atom stereocenters. The number of anilines is 1. The molecule has 102 valence electrons. The van der Waals surface area contributed by atoms with Crippen molar-refractivity contribution < 1.29 is 13.9 Å². The smallest absolute Gasteiger partial charge is 0.255 e. The number of halogens is 3. The highest BCUT2D eigenvalue weighted by atomic mass is 79.9. The Labute approximate surface area is 113 Å². The highest BCUT2D eigenvalue weighted by Gasteiger charge is 2.16. The molecule has 0 saturated carbocycles. The summed E-state index contributed by atoms with van der Waals surface area (Å²) in [5, 5.41) is 8.92. The van der Waals surface area contributed by atoms with Gasteiger partial charge in [-0.05, 0) is 15.9 Å². The average Bonchev–Trinajstić information content (AvgIpc) is 2.27. The van der Waals surface area contributed by atoms with Crippen LogP contribution in [-0.2, 0) is 0 Å². The minimum absolute atomic E-state index is 0.101. The maximum Gasteiger partial charge on any atom is 0.255 e. The third-order valence-electron chi connectivity index (χ3n) is 2.27. The normalized spacial score (nSPS) is 11.3. The Morgan fingerprint density at radius 2 is 2.06 bits per heavy atom. The first-order valence-electron chi connectivity index (χ1n) is 5.62. The molecule has 0 saturated heterocycles. The van der Waals surface area contributed by atoms with Crippen LogP contribution in [-0.4, -0.2) is 41.2 Å². The SMILES string of the molecule is CC(C)c1nc(Br)cc(N(CCO)CC(F)F)n1. The lowest BCUT2D eigenvalue weighted by atomic mass is 10.2. The molecule has 0 aromatic carbocycles. The summed E-state index contributed by atoms with van der Waals surface area (Å²) in [7, 11) is 0. The van der Waals surface area contributed by atoms with Crippen LogP contribution >= 0.6 is 15.9 Å². The van der Waals surface area contributed by atoms with E-state index in [0.717, 1.165) is 0 Å². The van der Waals surface area contributed by atoms with Crippen LogP contribution in [0, 0.1) is 0 Å². The predicted molar refractivity (Wildman–Crippen MR) is 69.1 cm³/mol. The lowest BCUT2D eigenvalue weighted by molar-refractivity contribution is 0.152. The molecule has 1 aromatic heterocycles. The standard InChI is InChI=1S/C11H16BrF2N3O/c1-7(2)11-15-8(12)5-10(16-11)17(3-4-18)6-9(13)14/h5,7,9,18H,3-4,6H2,1-2H3. The minimum atomic E-state index is -2.48. The lowest BCUT2D eigenvalue weighted by Gasteiger charge is -2.23. The maximum absolute atomic E-state index is 12.5. The van der Waals surface area contributed by atoms with Crippen molar-refractivity contribution in [1.82, 2.24) is 9.97 Å². The average molecular weight is 324 g/mol. The fourth-order valence-corrected chi connectivity index (χ4v) is 1.82. The van der Waals surface area contributed by atoms with Gasteiger partial charge in [0.1, 0.15) is 16.2 Å². The van der Waals surface area contributed by atoms with E-state index in [1.807, 2.05) is 13.8 Å². The van der Waals surface area contributed by atoms with Crippen molar-refractivity contribution in [2.45, 2.75) is 26.2 Å². The van der Waals surface area contributed by atoms with E-state index >= 15 is 0 Å². The summed E-state index contributed by atoms with van der Waals surface area (Å²) >= 11 is 3.24. The van der Waals surface area contributed by atoms with Gasteiger partial charge in [-0.1, -0.05) is 13.8 Å². The van der Waals surface area contributed by atoms with Gasteiger partial charge in [-0.3, -0.25) is 0 Å². The van der Waals surface area contributed by atoms with Crippen LogP contribution in [0.3, 0.4) is 0 Å². The van der Waals surface area contributed by atoms with Crippen molar-refractivity contribution in [1.29, 1.82) is 0 Å². The third-order valence-corrected chi connectivity index (χ3v) is 2.67. The molecule has 18 heavy (non-hydrogen) atoms. The van der Waals surface area contributed by atoms with Gasteiger partial charge in [-0.25, -0.2) is 18.7 Å². The molecule has 7 heteroatoms. The van der Waals surface area contributed by atoms with Crippen LogP contribution in [0.4, 0.5) is 14.6 Å². The third kappa shape index (κ3) is 4.45. The Balaban J connectivity index is 3.02. The molecule has 1 N–H and O–H groups in total. The molecule has 0 bridgehead atoms. The Morgan fingerprint density at radius 3 is 2.56 bits per heavy atom. The van der Waals surface area contributed by atoms with Crippen LogP contribution < -0.4 is 4.90 Å². The van der Waals surface area contributed by atoms with E-state index in [9.17, 15) is 8.78 Å². The molecule has 1 heterocycles. The molecule has 0 aliphatic heterocycles. The van der Waals surface area contributed by atoms with Crippen molar-refractivity contribution in [2.24, 2.45) is 0 Å². The highest BCUT2D eigenvalue weighted by Crippen LogP contribution is 2.20. The molecular weight excluding hydrogens is 308 g/mol. The lowest BCUT2D eigenvalue weighted by Crippen LogP contribution is -2.32. The molecule has 1 rings (SSSR count). The Kier molecular flexibility index (Phi) is 5.87. The van der Waals surface area contributed by atoms with Crippen molar-refractivity contribution in [2.75, 3.05) is 24.6 Å². The van der Waals surface area contributed by atoms with E-state index in [4.69, 9.17) is 5.11 Å². The van der Waals surface area contributed by atoms with E-state index in [1.54, 1.807) is 6.07 Å². The van der Waals surface area contributed by atoms with Gasteiger partial charge in [0.05, 0.1) is 13.2 Å². The summed E-state index contributed by atoms with van der Waals surface area (Å²) in [5.74, 6) is 1.08. The molecule has 0 spiro atoms. The number of rotatable bonds is 6. The zero-order valence-corrected chi connectivity index (χ0v) is 11.9. The number of aliphatic hydroxyl groups is 1. The minimum Gasteiger partial charge on any atom is -0.395 e. The number of hydrogen-bond acceptors (Lipinski definition) is 4. The van der Waals surface area contributed by atoms with E-state index in [2.05, 4.69) is 25.9 Å². The fourth-order valence-electron chi connectivity index (χ4n) is 1.43. The molecule has 4 nitrogen and oxygen atoms in total. The molecular formula is C11H16BrF2N3O. The van der Waals surface area contributed by atoms with Crippen molar-refractivity contribution >= 4 is 21.7 Å². The summed E-state index contributed by atoms with van der Waals surface area (Å²) in [6.45, 7) is 3.31. The van der Waals surface area contributed by atoms with Gasteiger partial charge in [0, 0.05) is 18.5 Å². The first-order chi connectivity index (χ1) is 8.43. The first kappa shape index (κ1) is 15.2. The van der Waals surface area contributed by atoms with Gasteiger partial charge in [0.15, 0.2) is 0 Å². The van der Waals surface area contributed by atoms with Crippen LogP contribution in [0.15, 0.2) is 10.7 Å². The number of alkyl halides is 2. The Morgan fingerprint density at radius 1 is 1.39 bits per heavy atom. The van der Waals surface area contributed by atoms with Crippen LogP contribution in [0.25, 0.3) is 0 Å². The summed E-state index contributed by atoms with van der Waals surface area (Å²) in [4.78, 5) is 9.78.